The van der Waals surface area contributed by atoms with E-state index >= 15 is 0 Å². The fourth-order valence-corrected chi connectivity index (χ4v) is 18.0. The van der Waals surface area contributed by atoms with Gasteiger partial charge in [0.25, 0.3) is 0 Å². The van der Waals surface area contributed by atoms with Gasteiger partial charge in [0, 0.05) is 11.1 Å². The van der Waals surface area contributed by atoms with E-state index in [0.29, 0.717) is 106 Å². The number of benzene rings is 7. The van der Waals surface area contributed by atoms with Gasteiger partial charge in [-0.25, -0.2) is 4.39 Å². The Morgan fingerprint density at radius 1 is 0.386 bits per heavy atom. The summed E-state index contributed by atoms with van der Waals surface area (Å²) >= 11 is 5.67. The Bertz CT molecular complexity index is 4740. The second kappa shape index (κ2) is 52.7. The molecule has 7 aromatic carbocycles. The van der Waals surface area contributed by atoms with E-state index in [9.17, 15) is 73.7 Å². The maximum atomic E-state index is 13.9. The molecule has 0 heterocycles. The van der Waals surface area contributed by atoms with Crippen molar-refractivity contribution in [2.45, 2.75) is 251 Å². The number of hydrogen-bond donors (Lipinski definition) is 13. The van der Waals surface area contributed by atoms with Crippen molar-refractivity contribution < 1.29 is 83.2 Å². The lowest BCUT2D eigenvalue weighted by Crippen LogP contribution is -2.55. The lowest BCUT2D eigenvalue weighted by atomic mass is 9.73. The van der Waals surface area contributed by atoms with Gasteiger partial charge in [0.1, 0.15) is 98.8 Å². The van der Waals surface area contributed by atoms with E-state index in [4.69, 9.17) is 44.0 Å². The third-order valence-electron chi connectivity index (χ3n) is 24.7. The average molecular weight is 1930 g/mol. The normalized spacial score (nSPS) is 27.6. The minimum absolute atomic E-state index is 0. The molecule has 7 aromatic rings. The third kappa shape index (κ3) is 27.2. The number of carbonyl (C=O) groups excluding carboxylic acids is 7. The number of para-hydroxylation sites is 1. The van der Waals surface area contributed by atoms with Crippen LogP contribution in [0.1, 0.15) is 203 Å². The van der Waals surface area contributed by atoms with Crippen LogP contribution in [0.25, 0.3) is 0 Å². The smallest absolute Gasteiger partial charge is 0.185 e. The quantitative estimate of drug-likeness (QED) is 0.0510. The van der Waals surface area contributed by atoms with Crippen LogP contribution in [0.5, 0.6) is 11.5 Å². The molecular formula is C95H132Cl8FN7O16. The van der Waals surface area contributed by atoms with Gasteiger partial charge < -0.3 is 78.8 Å². The van der Waals surface area contributed by atoms with Gasteiger partial charge >= 0.3 is 0 Å². The van der Waals surface area contributed by atoms with Gasteiger partial charge in [0.15, 0.2) is 40.5 Å². The molecule has 0 amide bonds. The summed E-state index contributed by atoms with van der Waals surface area (Å²) in [5.41, 5.74) is 27.5. The van der Waals surface area contributed by atoms with Crippen LogP contribution in [-0.2, 0) is 72.3 Å². The Kier molecular flexibility index (Phi) is 49.2. The van der Waals surface area contributed by atoms with Gasteiger partial charge in [0.2, 0.25) is 0 Å². The number of halogens is 9. The standard InChI is InChI=1S/2C15H21NO2.C14H19NO2.2C13H17NO3.C13H17NO2.C12H13ClFNO2.7ClH/c1-11-6-4-7-12(10-11)15(16(2)3)9-5-8-13(17)14(15)18;1-3-16-15(9-5-8-13(17)14(15)18)12-7-4-6-11(2)10-12;1-10-5-3-6-11(9-10)14(15-2)8-4-7-12(16)13(14)17;1-17-10-5-2-4-9(8-10)13(14)7-3-6-11(15)12(13)16;1-17-11-7-3-2-5-9(11)13(14)8-4-6-10(15)12(13)16;1-9-4-2-5-10(8-9)13(14)7-3-6-11(15)12(13)16;13-8-4-1-3-7(10(8)14)12(15)6-2-5-9(16)11(12)17;;;;;;;/h4,6-7,10,13,17H,5,8-9H2,1-3H3;4,6-7,10,13,16-17H,3,5,8-9H2,1-2H3;3,5-6,9,12,15-16H,4,7-8H2,1-2H3;2,4-5,8,11,15H,3,6-7,14H2,1H3;2-3,5,7,10,15H,4,6,8,14H2,1H3;2,4-5,8,11,15H,3,6-7,14H2,1H3;1,3-4,9,16H,2,5-6,15H2;7*1H. The van der Waals surface area contributed by atoms with Crippen LogP contribution in [0.15, 0.2) is 164 Å². The number of hydrogen-bond acceptors (Lipinski definition) is 23. The average Bonchev–Trinajstić information content (AvgIpc) is 0.658. The number of nitrogens with zero attached hydrogens (tertiary/aromatic N) is 1. The summed E-state index contributed by atoms with van der Waals surface area (Å²) < 4.78 is 24.2. The highest BCUT2D eigenvalue weighted by Gasteiger charge is 2.51. The molecule has 14 rings (SSSR count). The summed E-state index contributed by atoms with van der Waals surface area (Å²) in [6.07, 6.45) is 7.02. The molecule has 7 aliphatic carbocycles. The Morgan fingerprint density at radius 2 is 0.701 bits per heavy atom. The Hall–Kier alpha value is -6.48. The van der Waals surface area contributed by atoms with E-state index in [1.54, 1.807) is 63.7 Å². The van der Waals surface area contributed by atoms with E-state index in [-0.39, 0.29) is 132 Å². The Labute approximate surface area is 795 Å². The highest BCUT2D eigenvalue weighted by molar-refractivity contribution is 6.30. The molecule has 17 N–H and O–H groups in total. The van der Waals surface area contributed by atoms with Crippen LogP contribution in [0.4, 0.5) is 4.39 Å². The SMILES string of the molecule is CCNC1(c2cccc(C)c2)CCCC(O)C1=O.CNC1(c2cccc(C)c2)CCCC(O)C1=O.COc1cccc(C2(N)CCCC(O)C2=O)c1.COc1ccccc1C1(N)CCCC(O)C1=O.Cc1cccc(C2(N(C)C)CCCC(O)C2=O)c1.Cc1cccc(C2(N)CCCC(O)C2=O)c1.Cl.Cl.Cl.Cl.Cl.Cl.Cl.NC1(c2cccc(Cl)c2F)CCCC(O)C1=O. The highest BCUT2D eigenvalue weighted by atomic mass is 35.5. The summed E-state index contributed by atoms with van der Waals surface area (Å²) in [7, 11) is 8.74. The van der Waals surface area contributed by atoms with Crippen molar-refractivity contribution in [2.75, 3.05) is 41.9 Å². The molecule has 0 aromatic heterocycles. The minimum Gasteiger partial charge on any atom is -0.497 e. The van der Waals surface area contributed by atoms with E-state index in [1.807, 2.05) is 157 Å². The molecule has 14 unspecified atom stereocenters. The van der Waals surface area contributed by atoms with Gasteiger partial charge in [-0.3, -0.25) is 38.5 Å². The monoisotopic (exact) mass is 1930 g/mol. The predicted molar refractivity (Wildman–Crippen MR) is 512 cm³/mol. The van der Waals surface area contributed by atoms with Gasteiger partial charge in [-0.2, -0.15) is 0 Å². The zero-order chi connectivity index (χ0) is 88.3. The number of aliphatic hydroxyl groups is 7. The van der Waals surface area contributed by atoms with Crippen LogP contribution >= 0.6 is 98.5 Å². The van der Waals surface area contributed by atoms with E-state index in [0.717, 1.165) is 102 Å². The van der Waals surface area contributed by atoms with E-state index < -0.39 is 93.1 Å². The van der Waals surface area contributed by atoms with Crippen molar-refractivity contribution in [2.24, 2.45) is 22.9 Å². The number of aryl methyl sites for hydroxylation is 4. The number of nitrogens with one attached hydrogen (secondary N) is 2. The van der Waals surface area contributed by atoms with Gasteiger partial charge in [-0.05, 0) is 242 Å². The molecule has 7 fully saturated rings. The van der Waals surface area contributed by atoms with E-state index in [1.165, 1.54) is 12.1 Å². The second-order valence-electron chi connectivity index (χ2n) is 33.1. The van der Waals surface area contributed by atoms with E-state index in [2.05, 4.69) is 16.7 Å². The molecule has 0 spiro atoms. The zero-order valence-corrected chi connectivity index (χ0v) is 80.3. The lowest BCUT2D eigenvalue weighted by Gasteiger charge is -2.43. The summed E-state index contributed by atoms with van der Waals surface area (Å²) in [5, 5.41) is 74.4. The van der Waals surface area contributed by atoms with Crippen LogP contribution < -0.4 is 43.0 Å². The molecule has 7 saturated carbocycles. The van der Waals surface area contributed by atoms with Crippen molar-refractivity contribution in [1.82, 2.24) is 15.5 Å². The number of rotatable bonds is 13. The number of nitrogens with two attached hydrogens (primary N) is 4. The highest BCUT2D eigenvalue weighted by Crippen LogP contribution is 2.43. The number of methoxy groups -OCH3 is 2. The first-order valence-electron chi connectivity index (χ1n) is 41.7. The first kappa shape index (κ1) is 119. The first-order chi connectivity index (χ1) is 56.8. The molecule has 32 heteroatoms. The maximum Gasteiger partial charge on any atom is 0.185 e. The topological polar surface area (TPSA) is 411 Å². The molecule has 0 saturated heterocycles. The van der Waals surface area contributed by atoms with Crippen molar-refractivity contribution in [3.05, 3.63) is 236 Å². The Balaban J connectivity index is 0.000000734. The molecule has 0 bridgehead atoms. The molecule has 23 nitrogen and oxygen atoms in total. The minimum atomic E-state index is -1.47. The van der Waals surface area contributed by atoms with Crippen molar-refractivity contribution in [3.63, 3.8) is 0 Å². The summed E-state index contributed by atoms with van der Waals surface area (Å²) in [4.78, 5) is 87.2. The van der Waals surface area contributed by atoms with Crippen LogP contribution in [-0.4, -0.2) is 166 Å². The van der Waals surface area contributed by atoms with Crippen LogP contribution in [0.3, 0.4) is 0 Å². The molecule has 0 aliphatic heterocycles. The summed E-state index contributed by atoms with van der Waals surface area (Å²) in [5.74, 6) is -1.06. The zero-order valence-electron chi connectivity index (χ0n) is 73.9. The lowest BCUT2D eigenvalue weighted by molar-refractivity contribution is -0.143. The largest absolute Gasteiger partial charge is 0.497 e. The number of carbonyl (C=O) groups is 7. The molecule has 127 heavy (non-hydrogen) atoms. The summed E-state index contributed by atoms with van der Waals surface area (Å²) in [6, 6.07) is 50.4. The fourth-order valence-electron chi connectivity index (χ4n) is 17.8. The molecule has 7 aliphatic rings. The van der Waals surface area contributed by atoms with Gasteiger partial charge in [0.05, 0.1) is 19.2 Å². The number of ether oxygens (including phenoxy) is 2. The molecule has 14 atom stereocenters. The number of aliphatic hydroxyl groups excluding tert-OH is 7. The van der Waals surface area contributed by atoms with Crippen molar-refractivity contribution in [3.8, 4) is 11.5 Å². The van der Waals surface area contributed by atoms with Gasteiger partial charge in [-0.15, -0.1) is 86.8 Å². The number of Topliss-reactive ketones (excluding diaryl/α,β-unsaturated/α-hetero) is 7. The van der Waals surface area contributed by atoms with Crippen LogP contribution in [0, 0.1) is 33.5 Å². The van der Waals surface area contributed by atoms with Gasteiger partial charge in [-0.1, -0.05) is 180 Å². The molecular weight excluding hydrogens is 1800 g/mol. The van der Waals surface area contributed by atoms with Crippen LogP contribution in [0.2, 0.25) is 5.02 Å². The number of ketones is 7. The Morgan fingerprint density at radius 3 is 1.12 bits per heavy atom. The third-order valence-corrected chi connectivity index (χ3v) is 25.0. The molecule has 706 valence electrons. The molecule has 0 radical (unpaired) electrons. The predicted octanol–water partition coefficient (Wildman–Crippen LogP) is 13.2. The fraction of sp³-hybridized carbons (Fsp3) is 0.484. The second-order valence-corrected chi connectivity index (χ2v) is 33.6. The van der Waals surface area contributed by atoms with Crippen molar-refractivity contribution in [1.29, 1.82) is 0 Å². The van der Waals surface area contributed by atoms with Crippen molar-refractivity contribution >= 4 is 139 Å². The number of likely N-dealkylation sites (N-methyl/N-ethyl adjacent to an activating group) is 3. The first-order valence-corrected chi connectivity index (χ1v) is 42.1. The maximum absolute atomic E-state index is 13.9. The summed E-state index contributed by atoms with van der Waals surface area (Å²) in [6.45, 7) is 10.7.